The highest BCUT2D eigenvalue weighted by molar-refractivity contribution is 6.11. The van der Waals surface area contributed by atoms with Crippen LogP contribution in [0.3, 0.4) is 0 Å². The Morgan fingerprint density at radius 2 is 0.750 bits per heavy atom. The molecule has 298 valence electrons. The first-order valence-electron chi connectivity index (χ1n) is 22.4. The fraction of sp³-hybridized carbons (Fsp3) is 0.0323. The van der Waals surface area contributed by atoms with E-state index in [0.717, 1.165) is 22.7 Å². The molecule has 0 aliphatic heterocycles. The van der Waals surface area contributed by atoms with Gasteiger partial charge in [-0.2, -0.15) is 0 Å². The minimum atomic E-state index is -0.645. The second kappa shape index (κ2) is 13.2. The number of fused-ring (bicyclic) bond motifs is 19. The number of hydrogen-bond donors (Lipinski definition) is 0. The van der Waals surface area contributed by atoms with E-state index in [1.807, 2.05) is 0 Å². The lowest BCUT2D eigenvalue weighted by molar-refractivity contribution is 0.633. The summed E-state index contributed by atoms with van der Waals surface area (Å²) in [5, 5.41) is 2.45. The van der Waals surface area contributed by atoms with E-state index in [1.54, 1.807) is 0 Å². The van der Waals surface area contributed by atoms with Crippen LogP contribution in [0, 0.1) is 0 Å². The second-order valence-electron chi connectivity index (χ2n) is 17.5. The van der Waals surface area contributed by atoms with Gasteiger partial charge in [0.05, 0.1) is 27.6 Å². The Morgan fingerprint density at radius 3 is 1.36 bits per heavy atom. The predicted octanol–water partition coefficient (Wildman–Crippen LogP) is 15.3. The van der Waals surface area contributed by atoms with Gasteiger partial charge in [0.25, 0.3) is 0 Å². The molecule has 2 heteroatoms. The van der Waals surface area contributed by atoms with E-state index in [2.05, 4.69) is 252 Å². The van der Waals surface area contributed by atoms with E-state index in [9.17, 15) is 0 Å². The van der Waals surface area contributed by atoms with Crippen LogP contribution in [0.5, 0.6) is 0 Å². The van der Waals surface area contributed by atoms with Gasteiger partial charge in [0.15, 0.2) is 0 Å². The summed E-state index contributed by atoms with van der Waals surface area (Å²) < 4.78 is 2.41. The summed E-state index contributed by atoms with van der Waals surface area (Å²) in [4.78, 5) is 2.55. The van der Waals surface area contributed by atoms with Crippen LogP contribution in [0.1, 0.15) is 44.5 Å². The van der Waals surface area contributed by atoms with Gasteiger partial charge in [-0.05, 0) is 116 Å². The number of anilines is 3. The first-order valence-corrected chi connectivity index (χ1v) is 22.4. The molecular formula is C62H40N2. The van der Waals surface area contributed by atoms with Crippen LogP contribution in [-0.2, 0) is 10.8 Å². The van der Waals surface area contributed by atoms with Gasteiger partial charge in [-0.3, -0.25) is 0 Å². The first-order chi connectivity index (χ1) is 31.8. The van der Waals surface area contributed by atoms with Crippen molar-refractivity contribution in [1.82, 2.24) is 4.57 Å². The van der Waals surface area contributed by atoms with Crippen molar-refractivity contribution in [3.05, 3.63) is 287 Å². The summed E-state index contributed by atoms with van der Waals surface area (Å²) in [7, 11) is 0. The number of rotatable bonds is 4. The zero-order valence-electron chi connectivity index (χ0n) is 35.0. The average Bonchev–Trinajstić information content (AvgIpc) is 3.97. The summed E-state index contributed by atoms with van der Waals surface area (Å²) in [6.45, 7) is 0. The Balaban J connectivity index is 1.16. The molecule has 0 saturated heterocycles. The lowest BCUT2D eigenvalue weighted by atomic mass is 9.52. The molecule has 64 heavy (non-hydrogen) atoms. The molecule has 1 heterocycles. The van der Waals surface area contributed by atoms with E-state index < -0.39 is 10.8 Å². The third-order valence-electron chi connectivity index (χ3n) is 14.6. The lowest BCUT2D eigenvalue weighted by Crippen LogP contribution is -2.44. The summed E-state index contributed by atoms with van der Waals surface area (Å²) in [5.41, 5.74) is 21.5. The van der Waals surface area contributed by atoms with Gasteiger partial charge in [-0.1, -0.05) is 188 Å². The van der Waals surface area contributed by atoms with Crippen molar-refractivity contribution in [2.24, 2.45) is 0 Å². The van der Waals surface area contributed by atoms with Crippen LogP contribution >= 0.6 is 0 Å². The van der Waals surface area contributed by atoms with Crippen molar-refractivity contribution < 1.29 is 0 Å². The van der Waals surface area contributed by atoms with E-state index >= 15 is 0 Å². The number of para-hydroxylation sites is 3. The molecule has 0 amide bonds. The fourth-order valence-corrected chi connectivity index (χ4v) is 12.4. The zero-order valence-corrected chi connectivity index (χ0v) is 35.0. The maximum Gasteiger partial charge on any atom is 0.0740 e. The summed E-state index contributed by atoms with van der Waals surface area (Å²) in [6.07, 6.45) is 0. The SMILES string of the molecule is c1ccc(N(c2ccc3c(c2)c2ccccc2n3-c2ccccc2)c2cccc3c2C2(c4ccccc4-c4ccccc42)c2ccccc2C32c3ccccc3-c3ccccc32)cc1. The number of nitrogens with zero attached hydrogens (tertiary/aromatic N) is 2. The van der Waals surface area contributed by atoms with Gasteiger partial charge >= 0.3 is 0 Å². The van der Waals surface area contributed by atoms with E-state index in [-0.39, 0.29) is 0 Å². The molecule has 3 aliphatic carbocycles. The van der Waals surface area contributed by atoms with Crippen molar-refractivity contribution in [3.8, 4) is 27.9 Å². The first kappa shape index (κ1) is 35.4. The Bertz CT molecular complexity index is 3600. The van der Waals surface area contributed by atoms with Gasteiger partial charge in [0.2, 0.25) is 0 Å². The highest BCUT2D eigenvalue weighted by Crippen LogP contribution is 2.69. The zero-order chi connectivity index (χ0) is 42.0. The molecule has 2 spiro atoms. The molecule has 14 rings (SSSR count). The largest absolute Gasteiger partial charge is 0.310 e. The number of aromatic nitrogens is 1. The Morgan fingerprint density at radius 1 is 0.297 bits per heavy atom. The predicted molar refractivity (Wildman–Crippen MR) is 264 cm³/mol. The van der Waals surface area contributed by atoms with Crippen LogP contribution in [0.15, 0.2) is 243 Å². The van der Waals surface area contributed by atoms with Gasteiger partial charge in [0, 0.05) is 33.4 Å². The molecule has 0 atom stereocenters. The Labute approximate surface area is 372 Å². The minimum Gasteiger partial charge on any atom is -0.310 e. The third kappa shape index (κ3) is 4.39. The summed E-state index contributed by atoms with van der Waals surface area (Å²) in [6, 6.07) is 91.0. The molecule has 0 radical (unpaired) electrons. The van der Waals surface area contributed by atoms with Crippen LogP contribution in [0.2, 0.25) is 0 Å². The number of hydrogen-bond acceptors (Lipinski definition) is 1. The maximum atomic E-state index is 2.55. The molecule has 10 aromatic carbocycles. The van der Waals surface area contributed by atoms with Crippen LogP contribution in [0.4, 0.5) is 17.1 Å². The van der Waals surface area contributed by atoms with E-state index in [0.29, 0.717) is 0 Å². The number of benzene rings is 10. The molecule has 2 nitrogen and oxygen atoms in total. The summed E-state index contributed by atoms with van der Waals surface area (Å²) >= 11 is 0. The highest BCUT2D eigenvalue weighted by Gasteiger charge is 2.60. The van der Waals surface area contributed by atoms with Crippen molar-refractivity contribution in [3.63, 3.8) is 0 Å². The summed E-state index contributed by atoms with van der Waals surface area (Å²) in [5.74, 6) is 0. The second-order valence-corrected chi connectivity index (χ2v) is 17.5. The van der Waals surface area contributed by atoms with Crippen LogP contribution < -0.4 is 4.90 Å². The molecule has 0 saturated carbocycles. The molecule has 3 aliphatic rings. The fourth-order valence-electron chi connectivity index (χ4n) is 12.4. The quantitative estimate of drug-likeness (QED) is 0.172. The maximum absolute atomic E-state index is 2.55. The van der Waals surface area contributed by atoms with Gasteiger partial charge < -0.3 is 9.47 Å². The lowest BCUT2D eigenvalue weighted by Gasteiger charge is -2.50. The van der Waals surface area contributed by atoms with Crippen molar-refractivity contribution in [1.29, 1.82) is 0 Å². The minimum absolute atomic E-state index is 0.581. The Hall–Kier alpha value is -8.20. The molecule has 0 unspecified atom stereocenters. The monoisotopic (exact) mass is 812 g/mol. The molecule has 0 bridgehead atoms. The highest BCUT2D eigenvalue weighted by atomic mass is 15.1. The molecule has 0 fully saturated rings. The van der Waals surface area contributed by atoms with Crippen LogP contribution in [-0.4, -0.2) is 4.57 Å². The smallest absolute Gasteiger partial charge is 0.0740 e. The topological polar surface area (TPSA) is 8.17 Å². The van der Waals surface area contributed by atoms with Crippen molar-refractivity contribution >= 4 is 38.9 Å². The standard InChI is InChI=1S/C62H40N2/c1-3-20-41(21-4-1)63(43-38-39-58-49(40-43)48-28-11-18-36-57(48)64(58)42-22-5-2-6-23-42)59-37-19-35-56-60(59)62(52-31-14-9-26-46(52)47-27-10-15-32-53(47)62)55-34-17-16-33-54(55)61(56)50-29-12-7-24-44(50)45-25-8-13-30-51(45)61/h1-40H. The normalized spacial score (nSPS) is 14.2. The van der Waals surface area contributed by atoms with Gasteiger partial charge in [0.1, 0.15) is 0 Å². The van der Waals surface area contributed by atoms with Crippen molar-refractivity contribution in [2.75, 3.05) is 4.90 Å². The van der Waals surface area contributed by atoms with E-state index in [4.69, 9.17) is 0 Å². The molecule has 0 N–H and O–H groups in total. The average molecular weight is 813 g/mol. The van der Waals surface area contributed by atoms with E-state index in [1.165, 1.54) is 88.6 Å². The third-order valence-corrected chi connectivity index (χ3v) is 14.6. The molecular weight excluding hydrogens is 773 g/mol. The van der Waals surface area contributed by atoms with Crippen LogP contribution in [0.25, 0.3) is 49.7 Å². The molecule has 1 aromatic heterocycles. The van der Waals surface area contributed by atoms with Gasteiger partial charge in [-0.25, -0.2) is 0 Å². The van der Waals surface area contributed by atoms with Crippen molar-refractivity contribution in [2.45, 2.75) is 10.8 Å². The Kier molecular flexibility index (Phi) is 7.28. The van der Waals surface area contributed by atoms with Gasteiger partial charge in [-0.15, -0.1) is 0 Å². The molecule has 11 aromatic rings.